The van der Waals surface area contributed by atoms with Gasteiger partial charge in [0, 0.05) is 18.7 Å². The molecule has 100 valence electrons. The van der Waals surface area contributed by atoms with Gasteiger partial charge in [-0.05, 0) is 31.3 Å². The molecule has 0 unspecified atom stereocenters. The van der Waals surface area contributed by atoms with Gasteiger partial charge in [0.2, 0.25) is 0 Å². The van der Waals surface area contributed by atoms with Crippen molar-refractivity contribution in [3.05, 3.63) is 29.8 Å². The number of aliphatic hydroxyl groups is 1. The number of oxime groups is 1. The van der Waals surface area contributed by atoms with Crippen LogP contribution in [0.2, 0.25) is 0 Å². The number of benzene rings is 1. The molecule has 0 radical (unpaired) electrons. The molecule has 0 saturated carbocycles. The molecule has 0 fully saturated rings. The second kappa shape index (κ2) is 7.52. The molecule has 0 saturated heterocycles. The molecule has 6 nitrogen and oxygen atoms in total. The minimum absolute atomic E-state index is 0.0734. The van der Waals surface area contributed by atoms with Gasteiger partial charge in [-0.3, -0.25) is 0 Å². The van der Waals surface area contributed by atoms with Gasteiger partial charge in [-0.25, -0.2) is 0 Å². The summed E-state index contributed by atoms with van der Waals surface area (Å²) < 4.78 is 5.52. The van der Waals surface area contributed by atoms with Crippen LogP contribution < -0.4 is 10.5 Å². The predicted octanol–water partition coefficient (Wildman–Crippen LogP) is 0.0840. The summed E-state index contributed by atoms with van der Waals surface area (Å²) in [5.41, 5.74) is 6.09. The lowest BCUT2D eigenvalue weighted by atomic mass is 10.2. The summed E-state index contributed by atoms with van der Waals surface area (Å²) in [4.78, 5) is 1.98. The standard InChI is InChI=1S/C12H19N3O3/c1-15(6-8-16)7-9-18-11-4-2-10(3-5-11)12(13)14-17/h2-5,16-17H,6-9H2,1H3,(H2,13,14). The van der Waals surface area contributed by atoms with Crippen molar-refractivity contribution in [2.24, 2.45) is 10.9 Å². The van der Waals surface area contributed by atoms with Crippen molar-refractivity contribution in [1.29, 1.82) is 0 Å². The molecule has 0 bridgehead atoms. The average molecular weight is 253 g/mol. The molecule has 18 heavy (non-hydrogen) atoms. The summed E-state index contributed by atoms with van der Waals surface area (Å²) in [6.45, 7) is 2.05. The van der Waals surface area contributed by atoms with E-state index in [1.54, 1.807) is 24.3 Å². The Hall–Kier alpha value is -1.79. The van der Waals surface area contributed by atoms with E-state index in [9.17, 15) is 0 Å². The maximum Gasteiger partial charge on any atom is 0.170 e. The molecular weight excluding hydrogens is 234 g/mol. The molecule has 0 aliphatic rings. The van der Waals surface area contributed by atoms with E-state index in [1.165, 1.54) is 0 Å². The van der Waals surface area contributed by atoms with Gasteiger partial charge in [0.1, 0.15) is 12.4 Å². The second-order valence-electron chi connectivity index (χ2n) is 3.88. The van der Waals surface area contributed by atoms with E-state index in [0.717, 1.165) is 12.3 Å². The Bertz CT molecular complexity index is 379. The van der Waals surface area contributed by atoms with Crippen molar-refractivity contribution >= 4 is 5.84 Å². The Labute approximate surface area is 106 Å². The summed E-state index contributed by atoms with van der Waals surface area (Å²) in [7, 11) is 1.92. The van der Waals surface area contributed by atoms with E-state index >= 15 is 0 Å². The summed E-state index contributed by atoms with van der Waals surface area (Å²) in [5.74, 6) is 0.797. The summed E-state index contributed by atoms with van der Waals surface area (Å²) in [6, 6.07) is 6.97. The van der Waals surface area contributed by atoms with E-state index in [1.807, 2.05) is 11.9 Å². The Balaban J connectivity index is 2.40. The van der Waals surface area contributed by atoms with E-state index in [2.05, 4.69) is 5.16 Å². The van der Waals surface area contributed by atoms with Crippen molar-refractivity contribution in [3.63, 3.8) is 0 Å². The zero-order valence-electron chi connectivity index (χ0n) is 10.4. The highest BCUT2D eigenvalue weighted by atomic mass is 16.5. The molecule has 1 rings (SSSR count). The van der Waals surface area contributed by atoms with Gasteiger partial charge in [0.15, 0.2) is 5.84 Å². The molecule has 1 aromatic carbocycles. The number of amidine groups is 1. The van der Waals surface area contributed by atoms with Crippen LogP contribution >= 0.6 is 0 Å². The minimum atomic E-state index is 0.0734. The minimum Gasteiger partial charge on any atom is -0.492 e. The zero-order chi connectivity index (χ0) is 13.4. The maximum absolute atomic E-state index is 8.73. The van der Waals surface area contributed by atoms with Crippen LogP contribution in [0.1, 0.15) is 5.56 Å². The van der Waals surface area contributed by atoms with Gasteiger partial charge in [0.05, 0.1) is 6.61 Å². The van der Waals surface area contributed by atoms with Crippen molar-refractivity contribution in [3.8, 4) is 5.75 Å². The smallest absolute Gasteiger partial charge is 0.170 e. The first-order valence-electron chi connectivity index (χ1n) is 5.67. The topological polar surface area (TPSA) is 91.3 Å². The van der Waals surface area contributed by atoms with Crippen LogP contribution in [-0.4, -0.2) is 54.4 Å². The molecular formula is C12H19N3O3. The predicted molar refractivity (Wildman–Crippen MR) is 69.0 cm³/mol. The Kier molecular flexibility index (Phi) is 5.96. The Morgan fingerprint density at radius 1 is 1.33 bits per heavy atom. The van der Waals surface area contributed by atoms with Gasteiger partial charge in [0.25, 0.3) is 0 Å². The lowest BCUT2D eigenvalue weighted by Gasteiger charge is -2.15. The summed E-state index contributed by atoms with van der Waals surface area (Å²) >= 11 is 0. The molecule has 0 heterocycles. The SMILES string of the molecule is CN(CCO)CCOc1ccc(/C(N)=N/O)cc1. The highest BCUT2D eigenvalue weighted by Gasteiger charge is 2.01. The fraction of sp³-hybridized carbons (Fsp3) is 0.417. The largest absolute Gasteiger partial charge is 0.492 e. The van der Waals surface area contributed by atoms with E-state index < -0.39 is 0 Å². The highest BCUT2D eigenvalue weighted by Crippen LogP contribution is 2.11. The second-order valence-corrected chi connectivity index (χ2v) is 3.88. The Morgan fingerprint density at radius 3 is 2.56 bits per heavy atom. The van der Waals surface area contributed by atoms with Crippen LogP contribution in [-0.2, 0) is 0 Å². The third-order valence-corrected chi connectivity index (χ3v) is 2.48. The van der Waals surface area contributed by atoms with Crippen molar-refractivity contribution < 1.29 is 15.1 Å². The molecule has 0 aliphatic heterocycles. The molecule has 0 amide bonds. The third kappa shape index (κ3) is 4.60. The quantitative estimate of drug-likeness (QED) is 0.277. The van der Waals surface area contributed by atoms with Gasteiger partial charge in [-0.2, -0.15) is 0 Å². The molecule has 0 spiro atoms. The van der Waals surface area contributed by atoms with Gasteiger partial charge in [-0.15, -0.1) is 0 Å². The molecule has 6 heteroatoms. The molecule has 4 N–H and O–H groups in total. The van der Waals surface area contributed by atoms with Crippen molar-refractivity contribution in [2.45, 2.75) is 0 Å². The normalized spacial score (nSPS) is 11.8. The first kappa shape index (κ1) is 14.3. The van der Waals surface area contributed by atoms with E-state index in [0.29, 0.717) is 18.7 Å². The van der Waals surface area contributed by atoms with E-state index in [4.69, 9.17) is 20.8 Å². The van der Waals surface area contributed by atoms with Crippen LogP contribution in [0.4, 0.5) is 0 Å². The summed E-state index contributed by atoms with van der Waals surface area (Å²) in [5, 5.41) is 20.2. The third-order valence-electron chi connectivity index (χ3n) is 2.48. The van der Waals surface area contributed by atoms with Crippen LogP contribution in [0.25, 0.3) is 0 Å². The number of hydrogen-bond acceptors (Lipinski definition) is 5. The molecule has 0 aliphatic carbocycles. The first-order valence-corrected chi connectivity index (χ1v) is 5.67. The molecule has 0 aromatic heterocycles. The number of aliphatic hydroxyl groups excluding tert-OH is 1. The lowest BCUT2D eigenvalue weighted by Crippen LogP contribution is -2.27. The van der Waals surface area contributed by atoms with Crippen molar-refractivity contribution in [2.75, 3.05) is 33.4 Å². The van der Waals surface area contributed by atoms with Gasteiger partial charge >= 0.3 is 0 Å². The molecule has 1 aromatic rings. The fourth-order valence-electron chi connectivity index (χ4n) is 1.38. The van der Waals surface area contributed by atoms with Gasteiger partial charge < -0.3 is 25.7 Å². The number of nitrogens with zero attached hydrogens (tertiary/aromatic N) is 2. The van der Waals surface area contributed by atoms with Crippen LogP contribution in [0.15, 0.2) is 29.4 Å². The highest BCUT2D eigenvalue weighted by molar-refractivity contribution is 5.97. The van der Waals surface area contributed by atoms with Crippen LogP contribution in [0.5, 0.6) is 5.75 Å². The van der Waals surface area contributed by atoms with Crippen LogP contribution in [0.3, 0.4) is 0 Å². The summed E-state index contributed by atoms with van der Waals surface area (Å²) in [6.07, 6.45) is 0. The van der Waals surface area contributed by atoms with Crippen LogP contribution in [0, 0.1) is 0 Å². The lowest BCUT2D eigenvalue weighted by molar-refractivity contribution is 0.192. The number of nitrogens with two attached hydrogens (primary N) is 1. The monoisotopic (exact) mass is 253 g/mol. The van der Waals surface area contributed by atoms with Crippen molar-refractivity contribution in [1.82, 2.24) is 4.90 Å². The molecule has 0 atom stereocenters. The number of likely N-dealkylation sites (N-methyl/N-ethyl adjacent to an activating group) is 1. The maximum atomic E-state index is 8.73. The average Bonchev–Trinajstić information content (AvgIpc) is 2.39. The number of rotatable bonds is 7. The zero-order valence-corrected chi connectivity index (χ0v) is 10.4. The Morgan fingerprint density at radius 2 is 2.00 bits per heavy atom. The van der Waals surface area contributed by atoms with E-state index in [-0.39, 0.29) is 12.4 Å². The number of ether oxygens (including phenoxy) is 1. The van der Waals surface area contributed by atoms with Gasteiger partial charge in [-0.1, -0.05) is 5.16 Å². The first-order chi connectivity index (χ1) is 8.67. The fourth-order valence-corrected chi connectivity index (χ4v) is 1.38. The number of hydrogen-bond donors (Lipinski definition) is 3.